The molecule has 0 saturated heterocycles. The van der Waals surface area contributed by atoms with E-state index in [4.69, 9.17) is 0 Å². The van der Waals surface area contributed by atoms with Crippen molar-refractivity contribution in [2.24, 2.45) is 0 Å². The molecule has 27 heavy (non-hydrogen) atoms. The van der Waals surface area contributed by atoms with E-state index >= 15 is 0 Å². The van der Waals surface area contributed by atoms with Crippen LogP contribution in [0.5, 0.6) is 0 Å². The van der Waals surface area contributed by atoms with Crippen molar-refractivity contribution in [1.82, 2.24) is 14.9 Å². The molecule has 0 radical (unpaired) electrons. The highest BCUT2D eigenvalue weighted by molar-refractivity contribution is 5.88. The van der Waals surface area contributed by atoms with Crippen LogP contribution in [0.1, 0.15) is 17.7 Å². The van der Waals surface area contributed by atoms with E-state index in [0.717, 1.165) is 23.4 Å². The molecular formula is C19H17F3N4O. The third-order valence-electron chi connectivity index (χ3n) is 4.17. The minimum Gasteiger partial charge on any atom is -0.338 e. The van der Waals surface area contributed by atoms with Gasteiger partial charge in [0, 0.05) is 24.8 Å². The van der Waals surface area contributed by atoms with Crippen molar-refractivity contribution in [3.8, 4) is 0 Å². The first-order valence-electron chi connectivity index (χ1n) is 8.24. The maximum Gasteiger partial charge on any atom is 0.433 e. The van der Waals surface area contributed by atoms with E-state index in [1.807, 2.05) is 12.1 Å². The first-order chi connectivity index (χ1) is 12.9. The fourth-order valence-corrected chi connectivity index (χ4v) is 2.78. The van der Waals surface area contributed by atoms with Gasteiger partial charge in [0.1, 0.15) is 11.5 Å². The molecule has 0 atom stereocenters. The van der Waals surface area contributed by atoms with Gasteiger partial charge in [-0.05, 0) is 42.3 Å². The predicted octanol–water partition coefficient (Wildman–Crippen LogP) is 4.04. The number of alkyl halides is 3. The Morgan fingerprint density at radius 2 is 2.07 bits per heavy atom. The third-order valence-corrected chi connectivity index (χ3v) is 4.17. The molecule has 5 nitrogen and oxygen atoms in total. The van der Waals surface area contributed by atoms with Crippen LogP contribution < -0.4 is 5.32 Å². The number of carbonyl (C=O) groups is 1. The average molecular weight is 374 g/mol. The van der Waals surface area contributed by atoms with Crippen LogP contribution in [0.2, 0.25) is 0 Å². The molecule has 1 aliphatic rings. The Labute approximate surface area is 154 Å². The van der Waals surface area contributed by atoms with Gasteiger partial charge in [0.2, 0.25) is 5.91 Å². The Bertz CT molecular complexity index is 875. The SMILES string of the molecule is C=CC(=O)N1CC=C(c2cccnc2Nc2ccc(C(F)(F)F)nc2)CC1. The summed E-state index contributed by atoms with van der Waals surface area (Å²) in [6.45, 7) is 4.52. The molecule has 0 unspecified atom stereocenters. The van der Waals surface area contributed by atoms with Gasteiger partial charge in [0.05, 0.1) is 11.9 Å². The van der Waals surface area contributed by atoms with Gasteiger partial charge in [-0.2, -0.15) is 13.2 Å². The minimum absolute atomic E-state index is 0.120. The Morgan fingerprint density at radius 1 is 1.26 bits per heavy atom. The van der Waals surface area contributed by atoms with Crippen molar-refractivity contribution in [2.75, 3.05) is 18.4 Å². The van der Waals surface area contributed by atoms with Crippen LogP contribution in [-0.2, 0) is 11.0 Å². The number of rotatable bonds is 4. The lowest BCUT2D eigenvalue weighted by Gasteiger charge is -2.26. The van der Waals surface area contributed by atoms with Crippen LogP contribution in [0.4, 0.5) is 24.7 Å². The van der Waals surface area contributed by atoms with Crippen LogP contribution >= 0.6 is 0 Å². The summed E-state index contributed by atoms with van der Waals surface area (Å²) in [4.78, 5) is 21.1. The van der Waals surface area contributed by atoms with Crippen LogP contribution in [0.25, 0.3) is 5.57 Å². The molecule has 0 saturated carbocycles. The van der Waals surface area contributed by atoms with E-state index in [2.05, 4.69) is 21.9 Å². The number of anilines is 2. The zero-order valence-corrected chi connectivity index (χ0v) is 14.3. The smallest absolute Gasteiger partial charge is 0.338 e. The van der Waals surface area contributed by atoms with Gasteiger partial charge in [-0.1, -0.05) is 12.7 Å². The quantitative estimate of drug-likeness (QED) is 0.821. The summed E-state index contributed by atoms with van der Waals surface area (Å²) in [6, 6.07) is 5.90. The molecule has 2 aromatic heterocycles. The Balaban J connectivity index is 1.80. The Hall–Kier alpha value is -3.16. The van der Waals surface area contributed by atoms with Gasteiger partial charge in [0.15, 0.2) is 0 Å². The van der Waals surface area contributed by atoms with Gasteiger partial charge in [-0.25, -0.2) is 9.97 Å². The fourth-order valence-electron chi connectivity index (χ4n) is 2.78. The molecule has 1 N–H and O–H groups in total. The Morgan fingerprint density at radius 3 is 2.67 bits per heavy atom. The van der Waals surface area contributed by atoms with Crippen LogP contribution in [0.3, 0.4) is 0 Å². The second-order valence-electron chi connectivity index (χ2n) is 5.92. The standard InChI is InChI=1S/C19H17F3N4O/c1-2-17(27)26-10-7-13(8-11-26)15-4-3-9-23-18(15)25-14-5-6-16(24-12-14)19(20,21)22/h2-7,9,12H,1,8,10-11H2,(H,23,25). The maximum absolute atomic E-state index is 12.6. The molecule has 1 amide bonds. The second kappa shape index (κ2) is 7.61. The zero-order valence-electron chi connectivity index (χ0n) is 14.3. The van der Waals surface area contributed by atoms with Gasteiger partial charge in [0.25, 0.3) is 0 Å². The summed E-state index contributed by atoms with van der Waals surface area (Å²) in [5, 5.41) is 3.02. The molecule has 2 aromatic rings. The van der Waals surface area contributed by atoms with Crippen molar-refractivity contribution in [3.63, 3.8) is 0 Å². The summed E-state index contributed by atoms with van der Waals surface area (Å²) in [5.41, 5.74) is 1.31. The lowest BCUT2D eigenvalue weighted by atomic mass is 10.00. The highest BCUT2D eigenvalue weighted by atomic mass is 19.4. The normalized spacial score (nSPS) is 14.5. The number of pyridine rings is 2. The lowest BCUT2D eigenvalue weighted by molar-refractivity contribution is -0.141. The average Bonchev–Trinajstić information content (AvgIpc) is 2.68. The lowest BCUT2D eigenvalue weighted by Crippen LogP contribution is -2.33. The summed E-state index contributed by atoms with van der Waals surface area (Å²) in [5.74, 6) is 0.402. The highest BCUT2D eigenvalue weighted by Crippen LogP contribution is 2.31. The van der Waals surface area contributed by atoms with E-state index < -0.39 is 11.9 Å². The first kappa shape index (κ1) is 18.6. The van der Waals surface area contributed by atoms with Crippen molar-refractivity contribution >= 4 is 23.0 Å². The first-order valence-corrected chi connectivity index (χ1v) is 8.24. The van der Waals surface area contributed by atoms with E-state index in [1.165, 1.54) is 12.1 Å². The van der Waals surface area contributed by atoms with Crippen molar-refractivity contribution < 1.29 is 18.0 Å². The summed E-state index contributed by atoms with van der Waals surface area (Å²) in [7, 11) is 0. The number of amides is 1. The number of carbonyl (C=O) groups excluding carboxylic acids is 1. The van der Waals surface area contributed by atoms with Crippen molar-refractivity contribution in [1.29, 1.82) is 0 Å². The van der Waals surface area contributed by atoms with Gasteiger partial charge >= 0.3 is 6.18 Å². The van der Waals surface area contributed by atoms with Crippen LogP contribution in [-0.4, -0.2) is 33.9 Å². The number of hydrogen-bond acceptors (Lipinski definition) is 4. The molecule has 0 aromatic carbocycles. The van der Waals surface area contributed by atoms with E-state index in [0.29, 0.717) is 31.0 Å². The molecule has 1 aliphatic heterocycles. The van der Waals surface area contributed by atoms with Crippen LogP contribution in [0.15, 0.2) is 55.4 Å². The number of halogens is 3. The molecule has 140 valence electrons. The van der Waals surface area contributed by atoms with E-state index in [-0.39, 0.29) is 5.91 Å². The largest absolute Gasteiger partial charge is 0.433 e. The number of nitrogens with one attached hydrogen (secondary N) is 1. The number of hydrogen-bond donors (Lipinski definition) is 1. The highest BCUT2D eigenvalue weighted by Gasteiger charge is 2.32. The number of aromatic nitrogens is 2. The molecule has 3 heterocycles. The topological polar surface area (TPSA) is 58.1 Å². The van der Waals surface area contributed by atoms with Crippen molar-refractivity contribution in [2.45, 2.75) is 12.6 Å². The van der Waals surface area contributed by atoms with Gasteiger partial charge in [-0.15, -0.1) is 0 Å². The monoisotopic (exact) mass is 374 g/mol. The summed E-state index contributed by atoms with van der Waals surface area (Å²) >= 11 is 0. The van der Waals surface area contributed by atoms with Gasteiger partial charge < -0.3 is 10.2 Å². The van der Waals surface area contributed by atoms with Crippen LogP contribution in [0, 0.1) is 0 Å². The predicted molar refractivity (Wildman–Crippen MR) is 96.1 cm³/mol. The van der Waals surface area contributed by atoms with E-state index in [1.54, 1.807) is 17.2 Å². The van der Waals surface area contributed by atoms with E-state index in [9.17, 15) is 18.0 Å². The maximum atomic E-state index is 12.6. The zero-order chi connectivity index (χ0) is 19.4. The fraction of sp³-hybridized carbons (Fsp3) is 0.211. The minimum atomic E-state index is -4.48. The number of nitrogens with zero attached hydrogens (tertiary/aromatic N) is 3. The summed E-state index contributed by atoms with van der Waals surface area (Å²) in [6.07, 6.45) is 2.12. The molecule has 0 fully saturated rings. The second-order valence-corrected chi connectivity index (χ2v) is 5.92. The molecule has 8 heteroatoms. The van der Waals surface area contributed by atoms with Gasteiger partial charge in [-0.3, -0.25) is 4.79 Å². The molecule has 0 spiro atoms. The summed E-state index contributed by atoms with van der Waals surface area (Å²) < 4.78 is 37.9. The molecule has 0 bridgehead atoms. The van der Waals surface area contributed by atoms with Crippen molar-refractivity contribution in [3.05, 3.63) is 66.6 Å². The molecule has 3 rings (SSSR count). The Kier molecular flexibility index (Phi) is 5.25. The third kappa shape index (κ3) is 4.33. The molecular weight excluding hydrogens is 357 g/mol. The molecule has 0 aliphatic carbocycles.